The maximum Gasteiger partial charge on any atom is 0.407 e. The van der Waals surface area contributed by atoms with E-state index < -0.39 is 5.60 Å². The molecular weight excluding hydrogens is 540 g/mol. The van der Waals surface area contributed by atoms with Crippen LogP contribution in [0.25, 0.3) is 22.0 Å². The maximum absolute atomic E-state index is 11.6. The lowest BCUT2D eigenvalue weighted by Crippen LogP contribution is -2.32. The summed E-state index contributed by atoms with van der Waals surface area (Å²) in [7, 11) is 0. The highest BCUT2D eigenvalue weighted by atomic mass is 127. The highest BCUT2D eigenvalue weighted by molar-refractivity contribution is 14.2. The number of nitrogens with one attached hydrogen (secondary N) is 2. The van der Waals surface area contributed by atoms with E-state index in [0.29, 0.717) is 12.9 Å². The largest absolute Gasteiger partial charge is 0.444 e. The fourth-order valence-electron chi connectivity index (χ4n) is 3.36. The second-order valence-corrected chi connectivity index (χ2v) is 10.7. The topological polar surface area (TPSA) is 94.2 Å². The summed E-state index contributed by atoms with van der Waals surface area (Å²) in [5.74, 6) is 0. The summed E-state index contributed by atoms with van der Waals surface area (Å²) < 4.78 is 12.3. The van der Waals surface area contributed by atoms with Crippen molar-refractivity contribution in [2.45, 2.75) is 58.5 Å². The molecule has 1 amide bonds. The SMILES string of the molecule is CC(C)(C)OC(=O)NCCCCCCCNc1cc(-c2cnoc2)cc2c1cnn2PI. The highest BCUT2D eigenvalue weighted by Crippen LogP contribution is 2.35. The zero-order valence-corrected chi connectivity index (χ0v) is 21.9. The van der Waals surface area contributed by atoms with E-state index in [1.165, 1.54) is 0 Å². The van der Waals surface area contributed by atoms with Crippen LogP contribution in [-0.2, 0) is 4.74 Å². The molecule has 0 saturated carbocycles. The second kappa shape index (κ2) is 11.8. The number of halogens is 1. The van der Waals surface area contributed by atoms with Crippen LogP contribution in [0.1, 0.15) is 52.9 Å². The molecule has 0 aliphatic heterocycles. The van der Waals surface area contributed by atoms with Gasteiger partial charge in [0.2, 0.25) is 0 Å². The van der Waals surface area contributed by atoms with E-state index in [4.69, 9.17) is 9.26 Å². The third-order valence-corrected chi connectivity index (χ3v) is 6.76. The van der Waals surface area contributed by atoms with Crippen LogP contribution in [0.15, 0.2) is 35.3 Å². The van der Waals surface area contributed by atoms with Gasteiger partial charge in [0.05, 0.1) is 24.3 Å². The number of hydrogen-bond donors (Lipinski definition) is 2. The summed E-state index contributed by atoms with van der Waals surface area (Å²) in [6, 6.07) is 4.27. The molecule has 32 heavy (non-hydrogen) atoms. The van der Waals surface area contributed by atoms with Gasteiger partial charge >= 0.3 is 6.09 Å². The monoisotopic (exact) mass is 571 g/mol. The molecule has 2 aromatic heterocycles. The van der Waals surface area contributed by atoms with E-state index in [1.54, 1.807) is 12.5 Å². The molecule has 174 valence electrons. The van der Waals surface area contributed by atoms with Crippen molar-refractivity contribution in [3.63, 3.8) is 0 Å². The number of hydrogen-bond acceptors (Lipinski definition) is 6. The van der Waals surface area contributed by atoms with Crippen LogP contribution in [-0.4, -0.2) is 39.5 Å². The lowest BCUT2D eigenvalue weighted by Gasteiger charge is -2.19. The average molecular weight is 571 g/mol. The summed E-state index contributed by atoms with van der Waals surface area (Å²) in [6.45, 7) is 7.16. The second-order valence-electron chi connectivity index (χ2n) is 8.63. The standard InChI is InChI=1S/C22H31IN5O3P/c1-22(2,3)31-21(29)25-10-8-6-4-5-7-9-24-19-11-16(17-13-27-30-15-17)12-20-18(19)14-26-28(20)32-23/h11-15,24,32H,4-10H2,1-3H3,(H,25,29). The normalized spacial score (nSPS) is 12.0. The minimum absolute atomic E-state index is 0.340. The van der Waals surface area contributed by atoms with Crippen molar-refractivity contribution < 1.29 is 14.1 Å². The summed E-state index contributed by atoms with van der Waals surface area (Å²) in [5, 5.41) is 15.9. The van der Waals surface area contributed by atoms with Crippen molar-refractivity contribution in [2.24, 2.45) is 0 Å². The van der Waals surface area contributed by atoms with Gasteiger partial charge in [-0.1, -0.05) is 24.4 Å². The van der Waals surface area contributed by atoms with E-state index in [1.807, 2.05) is 31.4 Å². The van der Waals surface area contributed by atoms with Crippen LogP contribution in [0.5, 0.6) is 0 Å². The number of amides is 1. The van der Waals surface area contributed by atoms with Crippen LogP contribution in [0.4, 0.5) is 10.5 Å². The van der Waals surface area contributed by atoms with Crippen molar-refractivity contribution in [1.82, 2.24) is 20.0 Å². The van der Waals surface area contributed by atoms with E-state index >= 15 is 0 Å². The van der Waals surface area contributed by atoms with Crippen molar-refractivity contribution in [3.05, 3.63) is 30.8 Å². The Labute approximate surface area is 203 Å². The molecule has 8 nitrogen and oxygen atoms in total. The third-order valence-electron chi connectivity index (χ3n) is 4.87. The summed E-state index contributed by atoms with van der Waals surface area (Å²) >= 11 is 2.34. The molecule has 0 spiro atoms. The van der Waals surface area contributed by atoms with Gasteiger partial charge in [0.25, 0.3) is 0 Å². The van der Waals surface area contributed by atoms with Gasteiger partial charge in [-0.15, -0.1) is 0 Å². The molecule has 0 saturated heterocycles. The molecule has 1 atom stereocenters. The number of anilines is 1. The van der Waals surface area contributed by atoms with Crippen LogP contribution in [0.2, 0.25) is 0 Å². The predicted octanol–water partition coefficient (Wildman–Crippen LogP) is 6.37. The van der Waals surface area contributed by atoms with Crippen LogP contribution < -0.4 is 10.6 Å². The maximum atomic E-state index is 11.6. The molecule has 3 rings (SSSR count). The summed E-state index contributed by atoms with van der Waals surface area (Å²) in [6.07, 6.45) is 10.9. The van der Waals surface area contributed by atoms with Crippen molar-refractivity contribution in [2.75, 3.05) is 18.4 Å². The van der Waals surface area contributed by atoms with Crippen LogP contribution in [0.3, 0.4) is 0 Å². The number of alkyl carbamates (subject to hydrolysis) is 1. The predicted molar refractivity (Wildman–Crippen MR) is 139 cm³/mol. The molecule has 3 aromatic rings. The Hall–Kier alpha value is -1.87. The highest BCUT2D eigenvalue weighted by Gasteiger charge is 2.15. The third kappa shape index (κ3) is 7.33. The van der Waals surface area contributed by atoms with Crippen molar-refractivity contribution in [1.29, 1.82) is 0 Å². The quantitative estimate of drug-likeness (QED) is 0.158. The molecule has 0 bridgehead atoms. The Morgan fingerprint density at radius 2 is 1.88 bits per heavy atom. The Morgan fingerprint density at radius 3 is 2.56 bits per heavy atom. The van der Waals surface area contributed by atoms with E-state index in [0.717, 1.165) is 66.4 Å². The zero-order valence-electron chi connectivity index (χ0n) is 18.8. The van der Waals surface area contributed by atoms with Gasteiger partial charge in [-0.3, -0.25) is 0 Å². The van der Waals surface area contributed by atoms with Gasteiger partial charge in [0.15, 0.2) is 0 Å². The number of carbonyl (C=O) groups is 1. The first kappa shape index (κ1) is 24.8. The van der Waals surface area contributed by atoms with E-state index in [-0.39, 0.29) is 6.09 Å². The first-order valence-electron chi connectivity index (χ1n) is 10.9. The average Bonchev–Trinajstić information content (AvgIpc) is 3.40. The lowest BCUT2D eigenvalue weighted by atomic mass is 10.1. The molecular formula is C22H31IN5O3P. The minimum Gasteiger partial charge on any atom is -0.444 e. The lowest BCUT2D eigenvalue weighted by molar-refractivity contribution is 0.0527. The molecule has 10 heteroatoms. The van der Waals surface area contributed by atoms with Gasteiger partial charge in [0.1, 0.15) is 11.9 Å². The number of benzene rings is 1. The van der Waals surface area contributed by atoms with E-state index in [9.17, 15) is 4.79 Å². The molecule has 0 radical (unpaired) electrons. The number of rotatable bonds is 11. The summed E-state index contributed by atoms with van der Waals surface area (Å²) in [5.41, 5.74) is 3.76. The molecule has 1 aromatic carbocycles. The fraction of sp³-hybridized carbons (Fsp3) is 0.500. The zero-order chi connectivity index (χ0) is 23.0. The van der Waals surface area contributed by atoms with Gasteiger partial charge in [0, 0.05) is 29.7 Å². The van der Waals surface area contributed by atoms with Gasteiger partial charge in [-0.2, -0.15) is 5.10 Å². The van der Waals surface area contributed by atoms with Crippen LogP contribution >= 0.6 is 28.4 Å². The first-order valence-corrected chi connectivity index (χ1v) is 14.9. The Kier molecular flexibility index (Phi) is 9.16. The molecule has 1 unspecified atom stereocenters. The van der Waals surface area contributed by atoms with E-state index in [2.05, 4.69) is 55.1 Å². The van der Waals surface area contributed by atoms with Gasteiger partial charge in [-0.05, 0) is 73.3 Å². The number of ether oxygens (including phenoxy) is 1. The number of unbranched alkanes of at least 4 members (excludes halogenated alkanes) is 4. The number of nitrogens with zero attached hydrogens (tertiary/aromatic N) is 3. The fourth-order valence-corrected chi connectivity index (χ4v) is 4.89. The molecule has 2 heterocycles. The molecule has 0 aliphatic carbocycles. The van der Waals surface area contributed by atoms with Crippen LogP contribution in [0, 0.1) is 0 Å². The number of aromatic nitrogens is 3. The van der Waals surface area contributed by atoms with Crippen molar-refractivity contribution >= 4 is 51.1 Å². The van der Waals surface area contributed by atoms with Gasteiger partial charge < -0.3 is 19.9 Å². The Morgan fingerprint density at radius 1 is 1.12 bits per heavy atom. The minimum atomic E-state index is -0.452. The summed E-state index contributed by atoms with van der Waals surface area (Å²) in [4.78, 5) is 11.6. The van der Waals surface area contributed by atoms with Crippen molar-refractivity contribution in [3.8, 4) is 11.1 Å². The smallest absolute Gasteiger partial charge is 0.407 e. The number of fused-ring (bicyclic) bond motifs is 1. The Bertz CT molecular complexity index is 1000. The molecule has 0 aliphatic rings. The Balaban J connectivity index is 1.42. The molecule has 2 N–H and O–H groups in total. The van der Waals surface area contributed by atoms with Gasteiger partial charge in [-0.25, -0.2) is 9.25 Å². The first-order chi connectivity index (χ1) is 15.4. The number of carbonyl (C=O) groups excluding carboxylic acids is 1. The molecule has 0 fully saturated rings.